The molecule has 0 aliphatic carbocycles. The molecule has 6 nitrogen and oxygen atoms in total. The molecule has 0 aromatic rings. The highest BCUT2D eigenvalue weighted by atomic mass is 16.6. The van der Waals surface area contributed by atoms with Gasteiger partial charge in [0, 0.05) is 19.3 Å². The fraction of sp³-hybridized carbons (Fsp3) is 0.945. The van der Waals surface area contributed by atoms with E-state index in [2.05, 4.69) is 34.6 Å². The lowest BCUT2D eigenvalue weighted by atomic mass is 9.99. The summed E-state index contributed by atoms with van der Waals surface area (Å²) in [5.41, 5.74) is 0. The molecule has 0 fully saturated rings. The minimum Gasteiger partial charge on any atom is -0.462 e. The number of esters is 3. The van der Waals surface area contributed by atoms with Crippen molar-refractivity contribution in [3.8, 4) is 0 Å². The van der Waals surface area contributed by atoms with Gasteiger partial charge in [-0.2, -0.15) is 0 Å². The zero-order chi connectivity index (χ0) is 44.7. The number of ether oxygens (including phenoxy) is 3. The fourth-order valence-corrected chi connectivity index (χ4v) is 8.31. The second-order valence-corrected chi connectivity index (χ2v) is 19.6. The molecule has 362 valence electrons. The van der Waals surface area contributed by atoms with E-state index in [9.17, 15) is 14.4 Å². The molecule has 0 aromatic heterocycles. The average molecular weight is 863 g/mol. The zero-order valence-corrected chi connectivity index (χ0v) is 41.8. The number of carbonyl (C=O) groups excluding carboxylic acids is 3. The predicted octanol–water partition coefficient (Wildman–Crippen LogP) is 17.7. The lowest BCUT2D eigenvalue weighted by molar-refractivity contribution is -0.167. The zero-order valence-electron chi connectivity index (χ0n) is 41.8. The standard InChI is InChI=1S/C55H106O6/c1-6-8-9-10-11-12-13-16-20-25-30-35-40-45-53(56)59-48-52(61-55(58)47-42-37-32-27-22-23-28-33-38-43-50(3)4)49-60-54(57)46-41-36-31-26-21-18-15-14-17-19-24-29-34-39-44-51(5)7-2/h50-52H,6-49H2,1-5H3/t51?,52-/m0/s1. The molecule has 1 unspecified atom stereocenters. The highest BCUT2D eigenvalue weighted by molar-refractivity contribution is 5.71. The first-order valence-electron chi connectivity index (χ1n) is 27.3. The van der Waals surface area contributed by atoms with Crippen molar-refractivity contribution in [3.05, 3.63) is 0 Å². The van der Waals surface area contributed by atoms with Gasteiger partial charge in [0.05, 0.1) is 0 Å². The minimum absolute atomic E-state index is 0.0635. The summed E-state index contributed by atoms with van der Waals surface area (Å²) < 4.78 is 16.8. The third kappa shape index (κ3) is 47.7. The Morgan fingerprint density at radius 2 is 0.623 bits per heavy atom. The van der Waals surface area contributed by atoms with Gasteiger partial charge < -0.3 is 14.2 Å². The number of unbranched alkanes of at least 4 members (excludes halogenated alkanes) is 33. The maximum Gasteiger partial charge on any atom is 0.306 e. The lowest BCUT2D eigenvalue weighted by Crippen LogP contribution is -2.30. The third-order valence-electron chi connectivity index (χ3n) is 12.8. The maximum atomic E-state index is 12.8. The minimum atomic E-state index is -0.762. The van der Waals surface area contributed by atoms with Gasteiger partial charge in [0.1, 0.15) is 13.2 Å². The van der Waals surface area contributed by atoms with Crippen LogP contribution in [-0.4, -0.2) is 37.2 Å². The van der Waals surface area contributed by atoms with Gasteiger partial charge in [0.2, 0.25) is 0 Å². The monoisotopic (exact) mass is 863 g/mol. The van der Waals surface area contributed by atoms with Crippen LogP contribution in [0.3, 0.4) is 0 Å². The number of hydrogen-bond acceptors (Lipinski definition) is 6. The molecular formula is C55H106O6. The van der Waals surface area contributed by atoms with Gasteiger partial charge >= 0.3 is 17.9 Å². The van der Waals surface area contributed by atoms with Crippen LogP contribution in [-0.2, 0) is 28.6 Å². The molecule has 0 amide bonds. The summed E-state index contributed by atoms with van der Waals surface area (Å²) >= 11 is 0. The molecule has 6 heteroatoms. The SMILES string of the molecule is CCCCCCCCCCCCCCCC(=O)OC[C@@H](COC(=O)CCCCCCCCCCCCCCCCC(C)CC)OC(=O)CCCCCCCCCCCC(C)C. The van der Waals surface area contributed by atoms with E-state index in [0.29, 0.717) is 19.3 Å². The van der Waals surface area contributed by atoms with Crippen molar-refractivity contribution >= 4 is 17.9 Å². The van der Waals surface area contributed by atoms with Crippen LogP contribution in [0, 0.1) is 11.8 Å². The summed E-state index contributed by atoms with van der Waals surface area (Å²) in [6.07, 6.45) is 49.4. The van der Waals surface area contributed by atoms with E-state index in [0.717, 1.165) is 69.6 Å². The Bertz CT molecular complexity index is 933. The molecule has 0 heterocycles. The molecule has 61 heavy (non-hydrogen) atoms. The molecule has 0 radical (unpaired) electrons. The van der Waals surface area contributed by atoms with Gasteiger partial charge in [-0.05, 0) is 31.1 Å². The number of hydrogen-bond donors (Lipinski definition) is 0. The Morgan fingerprint density at radius 3 is 0.934 bits per heavy atom. The van der Waals surface area contributed by atoms with Crippen LogP contribution in [0.15, 0.2) is 0 Å². The van der Waals surface area contributed by atoms with Crippen LogP contribution in [0.4, 0.5) is 0 Å². The van der Waals surface area contributed by atoms with Crippen molar-refractivity contribution in [2.24, 2.45) is 11.8 Å². The van der Waals surface area contributed by atoms with Gasteiger partial charge in [0.25, 0.3) is 0 Å². The Kier molecular flexibility index (Phi) is 46.6. The summed E-state index contributed by atoms with van der Waals surface area (Å²) in [5.74, 6) is 0.856. The van der Waals surface area contributed by atoms with Crippen molar-refractivity contribution < 1.29 is 28.6 Å². The summed E-state index contributed by atoms with van der Waals surface area (Å²) in [6, 6.07) is 0. The van der Waals surface area contributed by atoms with Crippen LogP contribution in [0.5, 0.6) is 0 Å². The van der Waals surface area contributed by atoms with E-state index in [1.807, 2.05) is 0 Å². The van der Waals surface area contributed by atoms with Gasteiger partial charge in [-0.15, -0.1) is 0 Å². The van der Waals surface area contributed by atoms with Crippen molar-refractivity contribution in [1.82, 2.24) is 0 Å². The second kappa shape index (κ2) is 47.9. The second-order valence-electron chi connectivity index (χ2n) is 19.6. The van der Waals surface area contributed by atoms with Crippen molar-refractivity contribution in [2.45, 2.75) is 310 Å². The molecule has 0 aromatic carbocycles. The van der Waals surface area contributed by atoms with Gasteiger partial charge in [-0.1, -0.05) is 266 Å². The van der Waals surface area contributed by atoms with Crippen molar-refractivity contribution in [3.63, 3.8) is 0 Å². The summed E-state index contributed by atoms with van der Waals surface area (Å²) in [5, 5.41) is 0. The van der Waals surface area contributed by atoms with Gasteiger partial charge in [0.15, 0.2) is 6.10 Å². The molecule has 0 rings (SSSR count). The Morgan fingerprint density at radius 1 is 0.344 bits per heavy atom. The molecule has 0 spiro atoms. The predicted molar refractivity (Wildman–Crippen MR) is 261 cm³/mol. The van der Waals surface area contributed by atoms with E-state index < -0.39 is 6.10 Å². The highest BCUT2D eigenvalue weighted by Gasteiger charge is 2.19. The molecule has 2 atom stereocenters. The largest absolute Gasteiger partial charge is 0.462 e. The molecule has 0 bridgehead atoms. The van der Waals surface area contributed by atoms with E-state index in [1.165, 1.54) is 193 Å². The molecule has 0 saturated carbocycles. The van der Waals surface area contributed by atoms with Gasteiger partial charge in [-0.3, -0.25) is 14.4 Å². The normalized spacial score (nSPS) is 12.5. The maximum absolute atomic E-state index is 12.8. The van der Waals surface area contributed by atoms with Crippen LogP contribution < -0.4 is 0 Å². The summed E-state index contributed by atoms with van der Waals surface area (Å²) in [6.45, 7) is 11.4. The van der Waals surface area contributed by atoms with Crippen LogP contribution in [0.2, 0.25) is 0 Å². The number of rotatable bonds is 49. The molecular weight excluding hydrogens is 757 g/mol. The quantitative estimate of drug-likeness (QED) is 0.0344. The summed E-state index contributed by atoms with van der Waals surface area (Å²) in [4.78, 5) is 38.0. The van der Waals surface area contributed by atoms with Crippen molar-refractivity contribution in [2.75, 3.05) is 13.2 Å². The highest BCUT2D eigenvalue weighted by Crippen LogP contribution is 2.18. The number of carbonyl (C=O) groups is 3. The first kappa shape index (κ1) is 59.4. The topological polar surface area (TPSA) is 78.9 Å². The van der Waals surface area contributed by atoms with E-state index in [4.69, 9.17) is 14.2 Å². The van der Waals surface area contributed by atoms with Crippen LogP contribution in [0.25, 0.3) is 0 Å². The smallest absolute Gasteiger partial charge is 0.306 e. The third-order valence-corrected chi connectivity index (χ3v) is 12.8. The van der Waals surface area contributed by atoms with Crippen molar-refractivity contribution in [1.29, 1.82) is 0 Å². The van der Waals surface area contributed by atoms with Gasteiger partial charge in [-0.25, -0.2) is 0 Å². The van der Waals surface area contributed by atoms with E-state index in [-0.39, 0.29) is 31.1 Å². The Hall–Kier alpha value is -1.59. The van der Waals surface area contributed by atoms with E-state index >= 15 is 0 Å². The van der Waals surface area contributed by atoms with Crippen LogP contribution >= 0.6 is 0 Å². The first-order chi connectivity index (χ1) is 29.8. The Labute approximate surface area is 380 Å². The average Bonchev–Trinajstić information content (AvgIpc) is 3.24. The first-order valence-corrected chi connectivity index (χ1v) is 27.3. The van der Waals surface area contributed by atoms with Crippen LogP contribution in [0.1, 0.15) is 304 Å². The lowest BCUT2D eigenvalue weighted by Gasteiger charge is -2.18. The molecule has 0 aliphatic rings. The Balaban J connectivity index is 4.28. The summed E-state index contributed by atoms with van der Waals surface area (Å²) in [7, 11) is 0. The molecule has 0 aliphatic heterocycles. The van der Waals surface area contributed by atoms with E-state index in [1.54, 1.807) is 0 Å². The molecule has 0 N–H and O–H groups in total. The fourth-order valence-electron chi connectivity index (χ4n) is 8.31. The molecule has 0 saturated heterocycles.